The second kappa shape index (κ2) is 21.1. The maximum atomic E-state index is 13.0. The Labute approximate surface area is 373 Å². The van der Waals surface area contributed by atoms with Crippen LogP contribution in [0.25, 0.3) is 0 Å². The van der Waals surface area contributed by atoms with E-state index < -0.39 is 29.9 Å². The van der Waals surface area contributed by atoms with Gasteiger partial charge in [-0.15, -0.1) is 0 Å². The predicted octanol–water partition coefficient (Wildman–Crippen LogP) is 8.02. The zero-order valence-corrected chi connectivity index (χ0v) is 37.0. The first-order chi connectivity index (χ1) is 30.4. The number of carbonyl (C=O) groups excluding carboxylic acids is 5. The third-order valence-corrected chi connectivity index (χ3v) is 12.4. The molecule has 64 heavy (non-hydrogen) atoms. The van der Waals surface area contributed by atoms with Crippen LogP contribution in [0, 0.1) is 23.7 Å². The molecule has 6 aliphatic rings. The van der Waals surface area contributed by atoms with Crippen molar-refractivity contribution in [1.82, 2.24) is 10.2 Å². The molecule has 2 aromatic rings. The molecule has 4 aliphatic heterocycles. The van der Waals surface area contributed by atoms with Gasteiger partial charge in [0, 0.05) is 43.9 Å². The molecule has 4 heterocycles. The molecule has 15 heteroatoms. The minimum atomic E-state index is -5.08. The summed E-state index contributed by atoms with van der Waals surface area (Å²) in [6.07, 6.45) is 13.0. The van der Waals surface area contributed by atoms with E-state index >= 15 is 0 Å². The summed E-state index contributed by atoms with van der Waals surface area (Å²) in [5.74, 6) is -0.753. The van der Waals surface area contributed by atoms with Crippen molar-refractivity contribution >= 4 is 46.8 Å². The van der Waals surface area contributed by atoms with E-state index in [-0.39, 0.29) is 35.5 Å². The predicted molar refractivity (Wildman–Crippen MR) is 236 cm³/mol. The molecule has 0 aromatic heterocycles. The number of benzene rings is 2. The number of aliphatic carboxylic acids is 1. The number of anilines is 2. The summed E-state index contributed by atoms with van der Waals surface area (Å²) in [6.45, 7) is 8.44. The molecule has 8 rings (SSSR count). The van der Waals surface area contributed by atoms with E-state index in [1.165, 1.54) is 41.7 Å². The van der Waals surface area contributed by atoms with Crippen LogP contribution in [0.4, 0.5) is 29.3 Å². The molecule has 346 valence electrons. The molecule has 0 unspecified atom stereocenters. The van der Waals surface area contributed by atoms with Crippen LogP contribution in [0.5, 0.6) is 0 Å². The van der Waals surface area contributed by atoms with Crippen molar-refractivity contribution in [1.29, 1.82) is 0 Å². The highest BCUT2D eigenvalue weighted by molar-refractivity contribution is 6.03. The van der Waals surface area contributed by atoms with Gasteiger partial charge < -0.3 is 25.0 Å². The number of nitrogens with zero attached hydrogens (tertiary/aromatic N) is 3. The Morgan fingerprint density at radius 3 is 1.55 bits per heavy atom. The first-order valence-corrected chi connectivity index (χ1v) is 22.6. The zero-order chi connectivity index (χ0) is 46.2. The normalized spacial score (nSPS) is 21.0. The summed E-state index contributed by atoms with van der Waals surface area (Å²) in [5.41, 5.74) is 3.88. The highest BCUT2D eigenvalue weighted by Crippen LogP contribution is 2.39. The van der Waals surface area contributed by atoms with Gasteiger partial charge in [-0.2, -0.15) is 13.2 Å². The molecule has 0 radical (unpaired) electrons. The number of fused-ring (bicyclic) bond motifs is 2. The van der Waals surface area contributed by atoms with Crippen LogP contribution >= 0.6 is 0 Å². The van der Waals surface area contributed by atoms with Gasteiger partial charge in [-0.05, 0) is 125 Å². The number of hydrogen-bond donors (Lipinski definition) is 2. The lowest BCUT2D eigenvalue weighted by Gasteiger charge is -2.40. The number of nitrogens with one attached hydrogen (secondary N) is 1. The van der Waals surface area contributed by atoms with Crippen molar-refractivity contribution in [2.45, 2.75) is 122 Å². The van der Waals surface area contributed by atoms with Crippen molar-refractivity contribution in [3.05, 3.63) is 84.0 Å². The number of alkyl halides is 3. The Balaban J connectivity index is 0.000000189. The summed E-state index contributed by atoms with van der Waals surface area (Å²) in [7, 11) is 0. The van der Waals surface area contributed by atoms with Crippen LogP contribution in [0.15, 0.2) is 72.8 Å². The molecule has 0 spiro atoms. The van der Waals surface area contributed by atoms with Gasteiger partial charge in [0.05, 0.1) is 12.1 Å². The molecular weight excluding hydrogens is 830 g/mol. The van der Waals surface area contributed by atoms with Gasteiger partial charge in [0.1, 0.15) is 11.4 Å². The topological polar surface area (TPSA) is 154 Å². The summed E-state index contributed by atoms with van der Waals surface area (Å²) in [4.78, 5) is 77.3. The van der Waals surface area contributed by atoms with Crippen LogP contribution in [-0.4, -0.2) is 95.5 Å². The summed E-state index contributed by atoms with van der Waals surface area (Å²) in [6, 6.07) is 15.8. The second-order valence-corrected chi connectivity index (χ2v) is 18.8. The number of allylic oxidation sites excluding steroid dienone is 2. The Kier molecular flexibility index (Phi) is 15.9. The first kappa shape index (κ1) is 48.2. The number of carbonyl (C=O) groups is 6. The molecule has 2 saturated carbocycles. The van der Waals surface area contributed by atoms with Gasteiger partial charge in [-0.25, -0.2) is 9.59 Å². The highest BCUT2D eigenvalue weighted by atomic mass is 19.4. The fourth-order valence-electron chi connectivity index (χ4n) is 8.39. The van der Waals surface area contributed by atoms with E-state index in [2.05, 4.69) is 17.4 Å². The van der Waals surface area contributed by atoms with Crippen molar-refractivity contribution < 1.29 is 51.8 Å². The number of halogens is 3. The number of carboxylic acids is 1. The summed E-state index contributed by atoms with van der Waals surface area (Å²) in [5, 5.41) is 10.3. The number of amides is 3. The Morgan fingerprint density at radius 2 is 1.17 bits per heavy atom. The van der Waals surface area contributed by atoms with E-state index in [9.17, 15) is 37.1 Å². The van der Waals surface area contributed by atoms with Crippen LogP contribution in [0.1, 0.15) is 96.1 Å². The number of hydrogen-bond acceptors (Lipinski definition) is 8. The molecule has 4 fully saturated rings. The van der Waals surface area contributed by atoms with Gasteiger partial charge in [0.2, 0.25) is 0 Å². The van der Waals surface area contributed by atoms with Crippen LogP contribution in [0.3, 0.4) is 0 Å². The Bertz CT molecular complexity index is 2080. The lowest BCUT2D eigenvalue weighted by atomic mass is 9.89. The average molecular weight is 891 g/mol. The zero-order valence-electron chi connectivity index (χ0n) is 37.0. The molecule has 12 nitrogen and oxygen atoms in total. The Hall–Kier alpha value is -5.31. The lowest BCUT2D eigenvalue weighted by molar-refractivity contribution is -0.192. The molecule has 3 amide bonds. The van der Waals surface area contributed by atoms with Crippen molar-refractivity contribution in [3.63, 3.8) is 0 Å². The third kappa shape index (κ3) is 13.8. The quantitative estimate of drug-likeness (QED) is 0.180. The molecule has 0 bridgehead atoms. The molecule has 2 saturated heterocycles. The largest absolute Gasteiger partial charge is 0.490 e. The van der Waals surface area contributed by atoms with E-state index in [0.29, 0.717) is 44.1 Å². The van der Waals surface area contributed by atoms with Crippen molar-refractivity contribution in [2.75, 3.05) is 36.0 Å². The van der Waals surface area contributed by atoms with Crippen LogP contribution in [0.2, 0.25) is 0 Å². The average Bonchev–Trinajstić information content (AvgIpc) is 4.10. The second-order valence-electron chi connectivity index (χ2n) is 18.8. The van der Waals surface area contributed by atoms with Gasteiger partial charge in [-0.3, -0.25) is 24.1 Å². The number of para-hydroxylation sites is 2. The van der Waals surface area contributed by atoms with Gasteiger partial charge >= 0.3 is 18.2 Å². The van der Waals surface area contributed by atoms with E-state index in [0.717, 1.165) is 62.5 Å². The number of ether oxygens (including phenoxy) is 1. The maximum Gasteiger partial charge on any atom is 0.490 e. The van der Waals surface area contributed by atoms with Crippen LogP contribution in [-0.2, 0) is 41.6 Å². The monoisotopic (exact) mass is 890 g/mol. The minimum absolute atomic E-state index is 0.0257. The van der Waals surface area contributed by atoms with Gasteiger partial charge in [-0.1, -0.05) is 74.2 Å². The molecule has 2 N–H and O–H groups in total. The van der Waals surface area contributed by atoms with Crippen molar-refractivity contribution in [2.24, 2.45) is 23.7 Å². The van der Waals surface area contributed by atoms with Crippen LogP contribution < -0.4 is 15.1 Å². The molecular formula is C49H61F3N4O8. The fourth-order valence-corrected chi connectivity index (χ4v) is 8.39. The standard InChI is InChI=1S/C26H34N2O4.C21H26N2O2.C2HF3O2/c1-26(2,3)32-25(31)28-15-13-22(28)23(29)17-19(16-18-8-9-18)10-11-24(30)27-14-12-20-6-4-5-7-21(20)27;24-20(18-9-11-22-18)14-16(13-15-5-6-15)7-8-21(25)23-12-10-17-3-1-2-4-19(17)23;3-2(4,5)1(6)7/h4-7,10-11,18-19,22H,8-9,12-17H2,1-3H3;1-4,7-8,15-16,18,22H,5-6,9-14H2;(H,6,7)/b11-10+;8-7+;/t19-,22+;16-,18+;/m11./s1. The van der Waals surface area contributed by atoms with Crippen molar-refractivity contribution in [3.8, 4) is 0 Å². The highest BCUT2D eigenvalue weighted by Gasteiger charge is 2.41. The first-order valence-electron chi connectivity index (χ1n) is 22.6. The minimum Gasteiger partial charge on any atom is -0.475 e. The molecule has 2 aliphatic carbocycles. The Morgan fingerprint density at radius 1 is 0.719 bits per heavy atom. The third-order valence-electron chi connectivity index (χ3n) is 12.4. The fraction of sp³-hybridized carbons (Fsp3) is 0.551. The summed E-state index contributed by atoms with van der Waals surface area (Å²) < 4.78 is 37.2. The number of carboxylic acid groups (broad SMARTS) is 1. The number of rotatable bonds is 14. The number of ketones is 2. The number of likely N-dealkylation sites (tertiary alicyclic amines) is 1. The smallest absolute Gasteiger partial charge is 0.475 e. The maximum absolute atomic E-state index is 13.0. The van der Waals surface area contributed by atoms with Gasteiger partial charge in [0.15, 0.2) is 5.78 Å². The molecule has 4 atom stereocenters. The lowest BCUT2D eigenvalue weighted by Crippen LogP contribution is -2.56. The van der Waals surface area contributed by atoms with Gasteiger partial charge in [0.25, 0.3) is 11.8 Å². The molecule has 2 aromatic carbocycles. The van der Waals surface area contributed by atoms with E-state index in [1.807, 2.05) is 79.1 Å². The summed E-state index contributed by atoms with van der Waals surface area (Å²) >= 11 is 0. The van der Waals surface area contributed by atoms with E-state index in [1.54, 1.807) is 12.2 Å². The SMILES string of the molecule is CC(C)(C)OC(=O)N1CC[C@H]1C(=O)C[C@H](/C=C/C(=O)N1CCc2ccccc21)CC1CC1.O=C(C[C@H](/C=C/C(=O)N1CCc2ccccc21)CC1CC1)[C@@H]1CCN1.O=C(O)C(F)(F)F. The number of Topliss-reactive ketones (excluding diaryl/α,β-unsaturated/α-hetero) is 2. The van der Waals surface area contributed by atoms with E-state index in [4.69, 9.17) is 14.6 Å².